The number of hydrogen-bond acceptors (Lipinski definition) is 3. The van der Waals surface area contributed by atoms with Gasteiger partial charge in [-0.25, -0.2) is 4.79 Å². The van der Waals surface area contributed by atoms with Crippen LogP contribution in [0.15, 0.2) is 72.8 Å². The molecule has 5 heteroatoms. The van der Waals surface area contributed by atoms with Gasteiger partial charge in [-0.2, -0.15) is 0 Å². The van der Waals surface area contributed by atoms with Crippen molar-refractivity contribution in [3.8, 4) is 11.5 Å². The second-order valence-electron chi connectivity index (χ2n) is 9.00. The molecule has 1 aliphatic rings. The molecule has 0 heterocycles. The van der Waals surface area contributed by atoms with Crippen LogP contribution in [0.25, 0.3) is 0 Å². The lowest BCUT2D eigenvalue weighted by Gasteiger charge is -2.30. The maximum absolute atomic E-state index is 12.5. The van der Waals surface area contributed by atoms with E-state index in [1.807, 2.05) is 60.7 Å². The highest BCUT2D eigenvalue weighted by Gasteiger charge is 2.21. The molecule has 178 valence electrons. The van der Waals surface area contributed by atoms with E-state index in [0.717, 1.165) is 42.5 Å². The molecule has 2 N–H and O–H groups in total. The minimum Gasteiger partial charge on any atom is -0.457 e. The molecule has 0 aromatic heterocycles. The Kier molecular flexibility index (Phi) is 8.21. The molecule has 3 aromatic carbocycles. The number of hydrogen-bond donors (Lipinski definition) is 2. The molecular weight excluding hydrogens is 422 g/mol. The molecule has 0 saturated carbocycles. The molecule has 1 atom stereocenters. The molecule has 0 saturated heterocycles. The molecule has 4 rings (SSSR count). The van der Waals surface area contributed by atoms with E-state index in [0.29, 0.717) is 5.69 Å². The maximum Gasteiger partial charge on any atom is 0.323 e. The Morgan fingerprint density at radius 3 is 2.35 bits per heavy atom. The van der Waals surface area contributed by atoms with Crippen molar-refractivity contribution in [1.82, 2.24) is 4.90 Å². The van der Waals surface area contributed by atoms with Crippen molar-refractivity contribution in [2.75, 3.05) is 30.3 Å². The monoisotopic (exact) mass is 457 g/mol. The molecule has 5 nitrogen and oxygen atoms in total. The average molecular weight is 458 g/mol. The van der Waals surface area contributed by atoms with Gasteiger partial charge < -0.3 is 20.3 Å². The van der Waals surface area contributed by atoms with Crippen LogP contribution in [-0.4, -0.2) is 30.6 Å². The van der Waals surface area contributed by atoms with E-state index >= 15 is 0 Å². The number of anilines is 2. The fraction of sp³-hybridized carbons (Fsp3) is 0.345. The van der Waals surface area contributed by atoms with Crippen LogP contribution in [0.1, 0.15) is 37.8 Å². The lowest BCUT2D eigenvalue weighted by Crippen LogP contribution is -2.32. The number of carbonyl (C=O) groups excluding carboxylic acids is 1. The van der Waals surface area contributed by atoms with Crippen LogP contribution in [0.5, 0.6) is 11.5 Å². The maximum atomic E-state index is 12.5. The minimum absolute atomic E-state index is 0.247. The molecule has 2 amide bonds. The highest BCUT2D eigenvalue weighted by atomic mass is 16.5. The lowest BCUT2D eigenvalue weighted by molar-refractivity contribution is 0.229. The first-order valence-corrected chi connectivity index (χ1v) is 12.4. The number of aryl methyl sites for hydroxylation is 1. The quantitative estimate of drug-likeness (QED) is 0.365. The molecular formula is C29H35N3O2. The van der Waals surface area contributed by atoms with Crippen molar-refractivity contribution in [1.29, 1.82) is 0 Å². The van der Waals surface area contributed by atoms with Gasteiger partial charge in [0.05, 0.1) is 0 Å². The number of ether oxygens (including phenoxy) is 1. The summed E-state index contributed by atoms with van der Waals surface area (Å²) in [7, 11) is 0. The Hall–Kier alpha value is -3.31. The molecule has 0 aliphatic heterocycles. The predicted octanol–water partition coefficient (Wildman–Crippen LogP) is 6.96. The summed E-state index contributed by atoms with van der Waals surface area (Å²) in [6.45, 7) is 7.99. The van der Waals surface area contributed by atoms with E-state index in [1.54, 1.807) is 0 Å². The highest BCUT2D eigenvalue weighted by molar-refractivity contribution is 5.99. The van der Waals surface area contributed by atoms with Gasteiger partial charge in [-0.15, -0.1) is 0 Å². The van der Waals surface area contributed by atoms with Crippen molar-refractivity contribution in [3.63, 3.8) is 0 Å². The van der Waals surface area contributed by atoms with E-state index in [2.05, 4.69) is 41.5 Å². The number of amides is 2. The van der Waals surface area contributed by atoms with Gasteiger partial charge in [-0.05, 0) is 104 Å². The molecule has 1 unspecified atom stereocenters. The second-order valence-corrected chi connectivity index (χ2v) is 9.00. The van der Waals surface area contributed by atoms with Crippen molar-refractivity contribution < 1.29 is 9.53 Å². The van der Waals surface area contributed by atoms with Crippen molar-refractivity contribution >= 4 is 17.4 Å². The summed E-state index contributed by atoms with van der Waals surface area (Å²) in [5, 5.41) is 5.87. The molecule has 3 aromatic rings. The number of nitrogens with one attached hydrogen (secondary N) is 2. The van der Waals surface area contributed by atoms with Crippen molar-refractivity contribution in [2.45, 2.75) is 39.5 Å². The smallest absolute Gasteiger partial charge is 0.323 e. The zero-order chi connectivity index (χ0) is 23.8. The van der Waals surface area contributed by atoms with Gasteiger partial charge >= 0.3 is 6.03 Å². The molecule has 0 bridgehead atoms. The van der Waals surface area contributed by atoms with Gasteiger partial charge in [-0.1, -0.05) is 38.1 Å². The van der Waals surface area contributed by atoms with Crippen LogP contribution in [0.2, 0.25) is 0 Å². The van der Waals surface area contributed by atoms with E-state index in [1.165, 1.54) is 37.1 Å². The van der Waals surface area contributed by atoms with Gasteiger partial charge in [-0.3, -0.25) is 0 Å². The Morgan fingerprint density at radius 1 is 0.912 bits per heavy atom. The van der Waals surface area contributed by atoms with Gasteiger partial charge in [0.1, 0.15) is 11.5 Å². The SMILES string of the molecule is CCCN(CC)CC1CCc2cc(NC(=O)Nc3ccc(Oc4ccccc4)cc3)ccc2C1. The van der Waals surface area contributed by atoms with Crippen LogP contribution in [0.3, 0.4) is 0 Å². The Balaban J connectivity index is 1.29. The summed E-state index contributed by atoms with van der Waals surface area (Å²) < 4.78 is 5.80. The van der Waals surface area contributed by atoms with Gasteiger partial charge in [0.15, 0.2) is 0 Å². The summed E-state index contributed by atoms with van der Waals surface area (Å²) in [6.07, 6.45) is 4.61. The van der Waals surface area contributed by atoms with Gasteiger partial charge in [0.2, 0.25) is 0 Å². The Bertz CT molecular complexity index is 1070. The van der Waals surface area contributed by atoms with Crippen molar-refractivity contribution in [2.24, 2.45) is 5.92 Å². The van der Waals surface area contributed by atoms with E-state index in [4.69, 9.17) is 4.74 Å². The van der Waals surface area contributed by atoms with Gasteiger partial charge in [0.25, 0.3) is 0 Å². The summed E-state index contributed by atoms with van der Waals surface area (Å²) in [5.74, 6) is 2.22. The molecule has 0 radical (unpaired) electrons. The third kappa shape index (κ3) is 6.61. The third-order valence-electron chi connectivity index (χ3n) is 6.39. The standard InChI is InChI=1S/C29H35N3O2/c1-3-18-32(4-2)21-22-10-11-24-20-26(13-12-23(24)19-22)31-29(33)30-25-14-16-28(17-15-25)34-27-8-6-5-7-9-27/h5-9,12-17,20,22H,3-4,10-11,18-19,21H2,1-2H3,(H2,30,31,33). The minimum atomic E-state index is -0.247. The van der Waals surface area contributed by atoms with Crippen LogP contribution < -0.4 is 15.4 Å². The number of urea groups is 1. The molecule has 0 fully saturated rings. The normalized spacial score (nSPS) is 15.0. The molecule has 1 aliphatic carbocycles. The highest BCUT2D eigenvalue weighted by Crippen LogP contribution is 2.29. The van der Waals surface area contributed by atoms with E-state index < -0.39 is 0 Å². The first-order valence-electron chi connectivity index (χ1n) is 12.4. The van der Waals surface area contributed by atoms with Crippen LogP contribution >= 0.6 is 0 Å². The fourth-order valence-electron chi connectivity index (χ4n) is 4.65. The molecule has 0 spiro atoms. The first kappa shape index (κ1) is 23.8. The average Bonchev–Trinajstić information content (AvgIpc) is 2.85. The third-order valence-corrected chi connectivity index (χ3v) is 6.39. The first-order chi connectivity index (χ1) is 16.6. The fourth-order valence-corrected chi connectivity index (χ4v) is 4.65. The number of para-hydroxylation sites is 1. The summed E-state index contributed by atoms with van der Waals surface area (Å²) in [6, 6.07) is 23.1. The number of nitrogens with zero attached hydrogens (tertiary/aromatic N) is 1. The van der Waals surface area contributed by atoms with E-state index in [9.17, 15) is 4.79 Å². The van der Waals surface area contributed by atoms with Crippen molar-refractivity contribution in [3.05, 3.63) is 83.9 Å². The second kappa shape index (κ2) is 11.7. The molecule has 34 heavy (non-hydrogen) atoms. The predicted molar refractivity (Wildman–Crippen MR) is 140 cm³/mol. The summed E-state index contributed by atoms with van der Waals surface area (Å²) in [5.41, 5.74) is 4.32. The zero-order valence-electron chi connectivity index (χ0n) is 20.2. The van der Waals surface area contributed by atoms with Crippen LogP contribution in [0, 0.1) is 5.92 Å². The van der Waals surface area contributed by atoms with Gasteiger partial charge in [0, 0.05) is 17.9 Å². The van der Waals surface area contributed by atoms with Crippen LogP contribution in [0.4, 0.5) is 16.2 Å². The van der Waals surface area contributed by atoms with E-state index in [-0.39, 0.29) is 6.03 Å². The lowest BCUT2D eigenvalue weighted by atomic mass is 9.83. The largest absolute Gasteiger partial charge is 0.457 e. The summed E-state index contributed by atoms with van der Waals surface area (Å²) in [4.78, 5) is 15.1. The summed E-state index contributed by atoms with van der Waals surface area (Å²) >= 11 is 0. The number of carbonyl (C=O) groups is 1. The van der Waals surface area contributed by atoms with Crippen LogP contribution in [-0.2, 0) is 12.8 Å². The zero-order valence-corrected chi connectivity index (χ0v) is 20.2. The number of benzene rings is 3. The number of rotatable bonds is 9. The number of fused-ring (bicyclic) bond motifs is 1. The topological polar surface area (TPSA) is 53.6 Å². The Labute approximate surface area is 203 Å². The Morgan fingerprint density at radius 2 is 1.62 bits per heavy atom.